The molecular formula is C21H36N4O2. The van der Waals surface area contributed by atoms with Gasteiger partial charge in [0.05, 0.1) is 0 Å². The molecule has 0 unspecified atom stereocenters. The second kappa shape index (κ2) is 12.7. The van der Waals surface area contributed by atoms with E-state index in [1.807, 2.05) is 0 Å². The largest absolute Gasteiger partial charge is 0.348 e. The quantitative estimate of drug-likeness (QED) is 0.542. The van der Waals surface area contributed by atoms with Crippen LogP contribution in [-0.4, -0.2) is 40.7 Å². The normalized spacial score (nSPS) is 15.0. The van der Waals surface area contributed by atoms with E-state index in [-0.39, 0.29) is 17.9 Å². The molecule has 1 saturated heterocycles. The summed E-state index contributed by atoms with van der Waals surface area (Å²) < 4.78 is 1.32. The van der Waals surface area contributed by atoms with Gasteiger partial charge in [0.25, 0.3) is 5.91 Å². The molecule has 6 nitrogen and oxygen atoms in total. The molecule has 152 valence electrons. The van der Waals surface area contributed by atoms with Crippen molar-refractivity contribution in [2.24, 2.45) is 0 Å². The molecule has 1 fully saturated rings. The van der Waals surface area contributed by atoms with Crippen molar-refractivity contribution in [3.63, 3.8) is 0 Å². The van der Waals surface area contributed by atoms with Gasteiger partial charge in [0.15, 0.2) is 5.69 Å². The first-order chi connectivity index (χ1) is 13.2. The topological polar surface area (TPSA) is 76.0 Å². The van der Waals surface area contributed by atoms with Gasteiger partial charge in [-0.2, -0.15) is 5.10 Å². The molecule has 2 heterocycles. The molecule has 0 radical (unpaired) electrons. The van der Waals surface area contributed by atoms with Crippen LogP contribution < -0.4 is 10.6 Å². The van der Waals surface area contributed by atoms with E-state index in [4.69, 9.17) is 0 Å². The fourth-order valence-corrected chi connectivity index (χ4v) is 3.51. The van der Waals surface area contributed by atoms with Gasteiger partial charge >= 0.3 is 0 Å². The highest BCUT2D eigenvalue weighted by Crippen LogP contribution is 2.11. The molecule has 1 aliphatic heterocycles. The van der Waals surface area contributed by atoms with Gasteiger partial charge in [-0.3, -0.25) is 9.59 Å². The third kappa shape index (κ3) is 8.24. The minimum Gasteiger partial charge on any atom is -0.348 e. The Morgan fingerprint density at radius 2 is 1.70 bits per heavy atom. The molecular weight excluding hydrogens is 340 g/mol. The number of nitrogens with one attached hydrogen (secondary N) is 2. The Kier molecular flexibility index (Phi) is 10.1. The number of aromatic nitrogens is 2. The molecule has 0 aliphatic carbocycles. The van der Waals surface area contributed by atoms with Crippen LogP contribution in [0.4, 0.5) is 0 Å². The van der Waals surface area contributed by atoms with Gasteiger partial charge in [-0.25, -0.2) is 4.68 Å². The second-order valence-electron chi connectivity index (χ2n) is 7.62. The van der Waals surface area contributed by atoms with Crippen molar-refractivity contribution in [3.05, 3.63) is 18.0 Å². The number of amides is 1. The maximum atomic E-state index is 12.3. The molecule has 0 aromatic carbocycles. The van der Waals surface area contributed by atoms with Gasteiger partial charge in [0.2, 0.25) is 5.91 Å². The summed E-state index contributed by atoms with van der Waals surface area (Å²) in [5.74, 6) is -0.213. The molecule has 2 rings (SSSR count). The van der Waals surface area contributed by atoms with E-state index in [0.717, 1.165) is 38.8 Å². The van der Waals surface area contributed by atoms with Crippen molar-refractivity contribution < 1.29 is 9.59 Å². The van der Waals surface area contributed by atoms with Gasteiger partial charge < -0.3 is 10.6 Å². The zero-order chi connectivity index (χ0) is 19.3. The van der Waals surface area contributed by atoms with Crippen LogP contribution in [0.25, 0.3) is 0 Å². The first-order valence-corrected chi connectivity index (χ1v) is 10.8. The molecule has 1 amide bonds. The highest BCUT2D eigenvalue weighted by molar-refractivity contribution is 5.93. The Hall–Kier alpha value is -1.69. The molecule has 27 heavy (non-hydrogen) atoms. The molecule has 0 saturated carbocycles. The molecule has 1 aliphatic rings. The fourth-order valence-electron chi connectivity index (χ4n) is 3.51. The average molecular weight is 377 g/mol. The summed E-state index contributed by atoms with van der Waals surface area (Å²) >= 11 is 0. The van der Waals surface area contributed by atoms with Crippen LogP contribution in [0.15, 0.2) is 12.3 Å². The second-order valence-corrected chi connectivity index (χ2v) is 7.62. The van der Waals surface area contributed by atoms with Crippen molar-refractivity contribution in [2.45, 2.75) is 90.0 Å². The average Bonchev–Trinajstić information content (AvgIpc) is 3.18. The van der Waals surface area contributed by atoms with Crippen LogP contribution >= 0.6 is 0 Å². The molecule has 0 atom stereocenters. The lowest BCUT2D eigenvalue weighted by atomic mass is 10.1. The van der Waals surface area contributed by atoms with Gasteiger partial charge in [-0.05, 0) is 38.4 Å². The summed E-state index contributed by atoms with van der Waals surface area (Å²) in [6, 6.07) is 1.83. The van der Waals surface area contributed by atoms with E-state index in [2.05, 4.69) is 22.7 Å². The van der Waals surface area contributed by atoms with E-state index in [1.54, 1.807) is 12.3 Å². The summed E-state index contributed by atoms with van der Waals surface area (Å²) in [5.41, 5.74) is 0.328. The summed E-state index contributed by atoms with van der Waals surface area (Å²) in [6.45, 7) is 4.09. The highest BCUT2D eigenvalue weighted by atomic mass is 16.2. The zero-order valence-corrected chi connectivity index (χ0v) is 16.8. The lowest BCUT2D eigenvalue weighted by Crippen LogP contribution is -2.42. The maximum absolute atomic E-state index is 12.3. The van der Waals surface area contributed by atoms with E-state index in [9.17, 15) is 9.59 Å². The molecule has 0 spiro atoms. The monoisotopic (exact) mass is 376 g/mol. The summed E-state index contributed by atoms with van der Waals surface area (Å²) in [5, 5.41) is 10.5. The summed E-state index contributed by atoms with van der Waals surface area (Å²) in [4.78, 5) is 24.5. The first-order valence-electron chi connectivity index (χ1n) is 10.8. The minimum absolute atomic E-state index is 0.0288. The van der Waals surface area contributed by atoms with Crippen molar-refractivity contribution in [1.29, 1.82) is 0 Å². The smallest absolute Gasteiger partial charge is 0.272 e. The minimum atomic E-state index is -0.184. The summed E-state index contributed by atoms with van der Waals surface area (Å²) in [6.07, 6.45) is 15.0. The number of piperidine rings is 1. The van der Waals surface area contributed by atoms with Crippen LogP contribution in [0.5, 0.6) is 0 Å². The third-order valence-corrected chi connectivity index (χ3v) is 5.25. The lowest BCUT2D eigenvalue weighted by Gasteiger charge is -2.23. The number of rotatable bonds is 12. The van der Waals surface area contributed by atoms with Gasteiger partial charge in [-0.1, -0.05) is 58.3 Å². The number of nitrogens with zero attached hydrogens (tertiary/aromatic N) is 2. The van der Waals surface area contributed by atoms with Crippen LogP contribution in [0, 0.1) is 0 Å². The van der Waals surface area contributed by atoms with Crippen LogP contribution in [0.2, 0.25) is 0 Å². The molecule has 1 aromatic rings. The Morgan fingerprint density at radius 3 is 2.37 bits per heavy atom. The fraction of sp³-hybridized carbons (Fsp3) is 0.762. The number of carbonyl (C=O) groups excluding carboxylic acids is 2. The summed E-state index contributed by atoms with van der Waals surface area (Å²) in [7, 11) is 0. The lowest BCUT2D eigenvalue weighted by molar-refractivity contribution is 0.0880. The van der Waals surface area contributed by atoms with Crippen molar-refractivity contribution in [3.8, 4) is 0 Å². The molecule has 2 N–H and O–H groups in total. The molecule has 6 heteroatoms. The van der Waals surface area contributed by atoms with Crippen molar-refractivity contribution >= 4 is 11.8 Å². The SMILES string of the molecule is CCCCCCCCCCCC(=O)n1ccc(C(=O)NC2CCNCC2)n1. The van der Waals surface area contributed by atoms with Gasteiger partial charge in [0, 0.05) is 18.7 Å². The standard InChI is InChI=1S/C21H36N4O2/c1-2-3-4-5-6-7-8-9-10-11-20(26)25-17-14-19(24-25)21(27)23-18-12-15-22-16-13-18/h14,17-18,22H,2-13,15-16H2,1H3,(H,23,27). The Morgan fingerprint density at radius 1 is 1.07 bits per heavy atom. The number of hydrogen-bond donors (Lipinski definition) is 2. The van der Waals surface area contributed by atoms with Crippen molar-refractivity contribution in [1.82, 2.24) is 20.4 Å². The van der Waals surface area contributed by atoms with Crippen molar-refractivity contribution in [2.75, 3.05) is 13.1 Å². The van der Waals surface area contributed by atoms with E-state index >= 15 is 0 Å². The highest BCUT2D eigenvalue weighted by Gasteiger charge is 2.18. The zero-order valence-electron chi connectivity index (χ0n) is 16.8. The van der Waals surface area contributed by atoms with E-state index in [0.29, 0.717) is 12.1 Å². The number of unbranched alkanes of at least 4 members (excludes halogenated alkanes) is 8. The van der Waals surface area contributed by atoms with Crippen LogP contribution in [-0.2, 0) is 0 Å². The Labute approximate surface area is 163 Å². The predicted octanol–water partition coefficient (Wildman–Crippen LogP) is 3.93. The van der Waals surface area contributed by atoms with Gasteiger partial charge in [0.1, 0.15) is 0 Å². The predicted molar refractivity (Wildman–Crippen MR) is 108 cm³/mol. The third-order valence-electron chi connectivity index (χ3n) is 5.25. The van der Waals surface area contributed by atoms with Crippen LogP contribution in [0.1, 0.15) is 99.3 Å². The molecule has 0 bridgehead atoms. The number of hydrogen-bond acceptors (Lipinski definition) is 4. The molecule has 1 aromatic heterocycles. The van der Waals surface area contributed by atoms with Gasteiger partial charge in [-0.15, -0.1) is 0 Å². The number of carbonyl (C=O) groups is 2. The Balaban J connectivity index is 1.60. The van der Waals surface area contributed by atoms with E-state index < -0.39 is 0 Å². The van der Waals surface area contributed by atoms with Crippen LogP contribution in [0.3, 0.4) is 0 Å². The maximum Gasteiger partial charge on any atom is 0.272 e. The first kappa shape index (κ1) is 21.6. The Bertz CT molecular complexity index is 564. The van der Waals surface area contributed by atoms with E-state index in [1.165, 1.54) is 49.6 Å².